The third-order valence-corrected chi connectivity index (χ3v) is 5.36. The lowest BCUT2D eigenvalue weighted by Crippen LogP contribution is -2.52. The average molecular weight is 522 g/mol. The molecule has 3 N–H and O–H groups in total. The zero-order valence-electron chi connectivity index (χ0n) is 23.0. The van der Waals surface area contributed by atoms with E-state index in [1.807, 2.05) is 0 Å². The van der Waals surface area contributed by atoms with Gasteiger partial charge in [-0.1, -0.05) is 44.4 Å². The van der Waals surface area contributed by atoms with E-state index < -0.39 is 41.6 Å². The van der Waals surface area contributed by atoms with E-state index >= 15 is 0 Å². The second-order valence-electron chi connectivity index (χ2n) is 9.77. The van der Waals surface area contributed by atoms with Crippen LogP contribution in [-0.2, 0) is 23.9 Å². The number of nitrogens with one attached hydrogen (secondary N) is 2. The predicted octanol–water partition coefficient (Wildman–Crippen LogP) is 3.82. The number of phenols is 1. The maximum Gasteiger partial charge on any atom is 0.408 e. The summed E-state index contributed by atoms with van der Waals surface area (Å²) in [6.07, 6.45) is 2.62. The van der Waals surface area contributed by atoms with Gasteiger partial charge in [0.15, 0.2) is 0 Å². The SMILES string of the molecule is CCCCCCN(C(=O)C(C)NC(=O)OC(C)(C)C)C(C(=O)NCCC(=O)OCC)c1ccccc1O. The summed E-state index contributed by atoms with van der Waals surface area (Å²) >= 11 is 0. The zero-order chi connectivity index (χ0) is 28.0. The van der Waals surface area contributed by atoms with Crippen LogP contribution in [0.2, 0.25) is 0 Å². The van der Waals surface area contributed by atoms with Crippen molar-refractivity contribution in [3.63, 3.8) is 0 Å². The van der Waals surface area contributed by atoms with Crippen LogP contribution in [0.25, 0.3) is 0 Å². The number of amides is 3. The van der Waals surface area contributed by atoms with Gasteiger partial charge in [-0.05, 0) is 47.1 Å². The number of hydrogen-bond donors (Lipinski definition) is 3. The largest absolute Gasteiger partial charge is 0.508 e. The number of esters is 1. The van der Waals surface area contributed by atoms with Crippen molar-refractivity contribution in [3.8, 4) is 5.75 Å². The van der Waals surface area contributed by atoms with Crippen molar-refractivity contribution >= 4 is 23.9 Å². The Morgan fingerprint density at radius 3 is 2.32 bits per heavy atom. The van der Waals surface area contributed by atoms with Gasteiger partial charge in [0, 0.05) is 18.7 Å². The Labute approximate surface area is 220 Å². The van der Waals surface area contributed by atoms with E-state index in [0.717, 1.165) is 19.3 Å². The van der Waals surface area contributed by atoms with Crippen molar-refractivity contribution in [2.75, 3.05) is 19.7 Å². The van der Waals surface area contributed by atoms with Gasteiger partial charge in [-0.15, -0.1) is 0 Å². The molecule has 0 aliphatic heterocycles. The van der Waals surface area contributed by atoms with Gasteiger partial charge in [-0.2, -0.15) is 0 Å². The van der Waals surface area contributed by atoms with Gasteiger partial charge >= 0.3 is 12.1 Å². The number of phenolic OH excluding ortho intramolecular Hbond substituents is 1. The molecule has 0 saturated carbocycles. The lowest BCUT2D eigenvalue weighted by molar-refractivity contribution is -0.144. The molecule has 0 spiro atoms. The van der Waals surface area contributed by atoms with E-state index in [-0.39, 0.29) is 37.4 Å². The molecule has 2 atom stereocenters. The van der Waals surface area contributed by atoms with Crippen LogP contribution in [0.5, 0.6) is 5.75 Å². The standard InChI is InChI=1S/C27H43N3O7/c1-7-9-10-13-18-30(25(34)19(3)29-26(35)37-27(4,5)6)23(20-14-11-12-15-21(20)31)24(33)28-17-16-22(32)36-8-2/h11-12,14-15,19,23,31H,7-10,13,16-18H2,1-6H3,(H,28,33)(H,29,35). The Bertz CT molecular complexity index is 898. The van der Waals surface area contributed by atoms with E-state index in [1.54, 1.807) is 45.9 Å². The van der Waals surface area contributed by atoms with Crippen LogP contribution in [0.3, 0.4) is 0 Å². The van der Waals surface area contributed by atoms with Crippen molar-refractivity contribution in [1.29, 1.82) is 0 Å². The number of carbonyl (C=O) groups excluding carboxylic acids is 4. The predicted molar refractivity (Wildman–Crippen MR) is 140 cm³/mol. The first-order valence-electron chi connectivity index (χ1n) is 12.9. The molecule has 1 aromatic carbocycles. The molecule has 1 rings (SSSR count). The van der Waals surface area contributed by atoms with Crippen molar-refractivity contribution in [2.24, 2.45) is 0 Å². The summed E-state index contributed by atoms with van der Waals surface area (Å²) in [6.45, 7) is 10.9. The highest BCUT2D eigenvalue weighted by Gasteiger charge is 2.35. The molecule has 0 radical (unpaired) electrons. The Morgan fingerprint density at radius 2 is 1.73 bits per heavy atom. The molecule has 0 fully saturated rings. The van der Waals surface area contributed by atoms with Gasteiger partial charge in [-0.3, -0.25) is 14.4 Å². The molecule has 1 aromatic rings. The molecule has 3 amide bonds. The van der Waals surface area contributed by atoms with Gasteiger partial charge < -0.3 is 30.1 Å². The van der Waals surface area contributed by atoms with E-state index in [2.05, 4.69) is 17.6 Å². The van der Waals surface area contributed by atoms with Crippen molar-refractivity contribution in [1.82, 2.24) is 15.5 Å². The number of alkyl carbamates (subject to hydrolysis) is 1. The highest BCUT2D eigenvalue weighted by atomic mass is 16.6. The third kappa shape index (κ3) is 11.5. The molecular formula is C27H43N3O7. The van der Waals surface area contributed by atoms with Crippen LogP contribution in [0.15, 0.2) is 24.3 Å². The van der Waals surface area contributed by atoms with E-state index in [1.165, 1.54) is 17.9 Å². The lowest BCUT2D eigenvalue weighted by Gasteiger charge is -2.34. The molecular weight excluding hydrogens is 478 g/mol. The maximum atomic E-state index is 13.6. The number of ether oxygens (including phenoxy) is 2. The Kier molecular flexibility index (Phi) is 13.5. The van der Waals surface area contributed by atoms with Crippen LogP contribution in [0.1, 0.15) is 85.3 Å². The summed E-state index contributed by atoms with van der Waals surface area (Å²) in [6, 6.07) is 4.12. The molecule has 2 unspecified atom stereocenters. The minimum Gasteiger partial charge on any atom is -0.508 e. The van der Waals surface area contributed by atoms with Gasteiger partial charge in [0.1, 0.15) is 23.4 Å². The van der Waals surface area contributed by atoms with Gasteiger partial charge in [0.25, 0.3) is 0 Å². The molecule has 0 aromatic heterocycles. The average Bonchev–Trinajstić information content (AvgIpc) is 2.80. The maximum absolute atomic E-state index is 13.6. The Balaban J connectivity index is 3.26. The summed E-state index contributed by atoms with van der Waals surface area (Å²) < 4.78 is 10.2. The highest BCUT2D eigenvalue weighted by Crippen LogP contribution is 2.30. The molecule has 10 nitrogen and oxygen atoms in total. The molecule has 10 heteroatoms. The monoisotopic (exact) mass is 521 g/mol. The topological polar surface area (TPSA) is 134 Å². The van der Waals surface area contributed by atoms with Crippen molar-refractivity contribution in [2.45, 2.75) is 91.3 Å². The Hall–Kier alpha value is -3.30. The molecule has 0 heterocycles. The van der Waals surface area contributed by atoms with E-state index in [9.17, 15) is 24.3 Å². The number of aromatic hydroxyl groups is 1. The summed E-state index contributed by atoms with van der Waals surface area (Å²) in [5.41, 5.74) is -0.506. The minimum atomic E-state index is -1.18. The number of unbranched alkanes of at least 4 members (excludes halogenated alkanes) is 3. The molecule has 0 aliphatic rings. The third-order valence-electron chi connectivity index (χ3n) is 5.36. The fourth-order valence-corrected chi connectivity index (χ4v) is 3.66. The number of para-hydroxylation sites is 1. The van der Waals surface area contributed by atoms with Crippen molar-refractivity contribution in [3.05, 3.63) is 29.8 Å². The van der Waals surface area contributed by atoms with E-state index in [4.69, 9.17) is 9.47 Å². The van der Waals surface area contributed by atoms with E-state index in [0.29, 0.717) is 6.42 Å². The molecule has 0 aliphatic carbocycles. The van der Waals surface area contributed by atoms with Crippen LogP contribution in [0.4, 0.5) is 4.79 Å². The molecule has 208 valence electrons. The summed E-state index contributed by atoms with van der Waals surface area (Å²) in [4.78, 5) is 52.5. The normalized spacial score (nSPS) is 12.7. The molecule has 0 bridgehead atoms. The zero-order valence-corrected chi connectivity index (χ0v) is 23.0. The highest BCUT2D eigenvalue weighted by molar-refractivity contribution is 5.92. The first-order valence-corrected chi connectivity index (χ1v) is 12.9. The van der Waals surface area contributed by atoms with Gasteiger partial charge in [-0.25, -0.2) is 4.79 Å². The van der Waals surface area contributed by atoms with Crippen LogP contribution in [-0.4, -0.2) is 65.2 Å². The lowest BCUT2D eigenvalue weighted by atomic mass is 10.0. The molecule has 0 saturated heterocycles. The quantitative estimate of drug-likeness (QED) is 0.250. The second kappa shape index (κ2) is 15.7. The summed E-state index contributed by atoms with van der Waals surface area (Å²) in [7, 11) is 0. The fourth-order valence-electron chi connectivity index (χ4n) is 3.66. The number of benzene rings is 1. The Morgan fingerprint density at radius 1 is 1.05 bits per heavy atom. The number of rotatable bonds is 14. The van der Waals surface area contributed by atoms with Crippen LogP contribution >= 0.6 is 0 Å². The first-order chi connectivity index (χ1) is 17.4. The number of carbonyl (C=O) groups is 4. The van der Waals surface area contributed by atoms with Crippen LogP contribution < -0.4 is 10.6 Å². The second-order valence-corrected chi connectivity index (χ2v) is 9.77. The minimum absolute atomic E-state index is 0.00530. The summed E-state index contributed by atoms with van der Waals surface area (Å²) in [5.74, 6) is -1.66. The van der Waals surface area contributed by atoms with Crippen LogP contribution in [0, 0.1) is 0 Å². The first kappa shape index (κ1) is 31.7. The fraction of sp³-hybridized carbons (Fsp3) is 0.630. The number of nitrogens with zero attached hydrogens (tertiary/aromatic N) is 1. The summed E-state index contributed by atoms with van der Waals surface area (Å²) in [5, 5.41) is 15.8. The smallest absolute Gasteiger partial charge is 0.408 e. The van der Waals surface area contributed by atoms with Gasteiger partial charge in [0.05, 0.1) is 13.0 Å². The van der Waals surface area contributed by atoms with Gasteiger partial charge in [0.2, 0.25) is 11.8 Å². The molecule has 37 heavy (non-hydrogen) atoms. The number of hydrogen-bond acceptors (Lipinski definition) is 7. The van der Waals surface area contributed by atoms with Crippen molar-refractivity contribution < 1.29 is 33.8 Å².